The third-order valence-corrected chi connectivity index (χ3v) is 2.59. The molecule has 1 atom stereocenters. The van der Waals surface area contributed by atoms with Crippen molar-refractivity contribution >= 4 is 5.84 Å². The predicted octanol–water partition coefficient (Wildman–Crippen LogP) is 2.16. The molecule has 0 spiro atoms. The number of hydrogen-bond donors (Lipinski definition) is 2. The number of nitrogens with two attached hydrogens (primary N) is 1. The van der Waals surface area contributed by atoms with Gasteiger partial charge in [0.05, 0.1) is 0 Å². The minimum Gasteiger partial charge on any atom is -0.409 e. The molecule has 0 radical (unpaired) electrons. The molecule has 0 saturated heterocycles. The average molecular weight is 236 g/mol. The van der Waals surface area contributed by atoms with Crippen LogP contribution in [0.2, 0.25) is 0 Å². The molecule has 17 heavy (non-hydrogen) atoms. The van der Waals surface area contributed by atoms with Gasteiger partial charge in [0.1, 0.15) is 6.10 Å². The molecule has 0 heterocycles. The van der Waals surface area contributed by atoms with Crippen molar-refractivity contribution < 1.29 is 9.94 Å². The van der Waals surface area contributed by atoms with Crippen LogP contribution in [0.1, 0.15) is 25.3 Å². The molecule has 4 heteroatoms. The first-order valence-electron chi connectivity index (χ1n) is 5.90. The highest BCUT2D eigenvalue weighted by Gasteiger charge is 2.11. The Balaban J connectivity index is 2.24. The summed E-state index contributed by atoms with van der Waals surface area (Å²) in [6.07, 6.45) is 2.34. The third kappa shape index (κ3) is 4.87. The van der Waals surface area contributed by atoms with E-state index in [2.05, 4.69) is 17.3 Å². The predicted molar refractivity (Wildman–Crippen MR) is 68.2 cm³/mol. The second-order valence-electron chi connectivity index (χ2n) is 3.88. The summed E-state index contributed by atoms with van der Waals surface area (Å²) in [4.78, 5) is 0. The van der Waals surface area contributed by atoms with Crippen LogP contribution in [0, 0.1) is 0 Å². The van der Waals surface area contributed by atoms with E-state index < -0.39 is 0 Å². The van der Waals surface area contributed by atoms with E-state index >= 15 is 0 Å². The monoisotopic (exact) mass is 236 g/mol. The maximum atomic E-state index is 8.55. The molecule has 0 aliphatic rings. The number of amidine groups is 1. The second kappa shape index (κ2) is 7.68. The Kier molecular flexibility index (Phi) is 6.10. The topological polar surface area (TPSA) is 67.8 Å². The van der Waals surface area contributed by atoms with Crippen molar-refractivity contribution in [2.75, 3.05) is 6.61 Å². The molecule has 1 aromatic rings. The van der Waals surface area contributed by atoms with Crippen LogP contribution in [0.5, 0.6) is 0 Å². The summed E-state index contributed by atoms with van der Waals surface area (Å²) in [6, 6.07) is 10.3. The van der Waals surface area contributed by atoms with Gasteiger partial charge < -0.3 is 15.7 Å². The van der Waals surface area contributed by atoms with E-state index in [1.54, 1.807) is 0 Å². The molecule has 0 saturated carbocycles. The zero-order valence-corrected chi connectivity index (χ0v) is 10.2. The largest absolute Gasteiger partial charge is 0.409 e. The summed E-state index contributed by atoms with van der Waals surface area (Å²) in [5.41, 5.74) is 6.80. The molecule has 0 bridgehead atoms. The van der Waals surface area contributed by atoms with Crippen LogP contribution < -0.4 is 5.73 Å². The summed E-state index contributed by atoms with van der Waals surface area (Å²) in [7, 11) is 0. The van der Waals surface area contributed by atoms with E-state index in [4.69, 9.17) is 15.7 Å². The Morgan fingerprint density at radius 1 is 1.41 bits per heavy atom. The number of oxime groups is 1. The van der Waals surface area contributed by atoms with E-state index in [9.17, 15) is 0 Å². The van der Waals surface area contributed by atoms with Gasteiger partial charge in [0, 0.05) is 6.61 Å². The lowest BCUT2D eigenvalue weighted by Crippen LogP contribution is -2.31. The van der Waals surface area contributed by atoms with Gasteiger partial charge in [-0.25, -0.2) is 0 Å². The summed E-state index contributed by atoms with van der Waals surface area (Å²) in [5.74, 6) is 0.146. The molecule has 0 fully saturated rings. The number of aryl methyl sites for hydroxylation is 1. The number of rotatable bonds is 7. The van der Waals surface area contributed by atoms with Gasteiger partial charge in [0.15, 0.2) is 5.84 Å². The Bertz CT molecular complexity index is 339. The Morgan fingerprint density at radius 3 is 2.71 bits per heavy atom. The van der Waals surface area contributed by atoms with Crippen molar-refractivity contribution in [1.82, 2.24) is 0 Å². The van der Waals surface area contributed by atoms with Crippen molar-refractivity contribution in [2.45, 2.75) is 32.3 Å². The Labute approximate surface area is 102 Å². The Morgan fingerprint density at radius 2 is 2.12 bits per heavy atom. The van der Waals surface area contributed by atoms with Crippen LogP contribution in [0.3, 0.4) is 0 Å². The van der Waals surface area contributed by atoms with Gasteiger partial charge in [-0.05, 0) is 24.8 Å². The van der Waals surface area contributed by atoms with Crippen molar-refractivity contribution in [2.24, 2.45) is 10.9 Å². The number of nitrogens with zero attached hydrogens (tertiary/aromatic N) is 1. The van der Waals surface area contributed by atoms with E-state index in [0.29, 0.717) is 13.0 Å². The maximum absolute atomic E-state index is 8.55. The lowest BCUT2D eigenvalue weighted by atomic mass is 10.1. The maximum Gasteiger partial charge on any atom is 0.168 e. The zero-order valence-electron chi connectivity index (χ0n) is 10.2. The first kappa shape index (κ1) is 13.5. The molecular formula is C13H20N2O2. The van der Waals surface area contributed by atoms with E-state index in [-0.39, 0.29) is 11.9 Å². The number of benzene rings is 1. The van der Waals surface area contributed by atoms with Crippen LogP contribution in [0.25, 0.3) is 0 Å². The van der Waals surface area contributed by atoms with Crippen molar-refractivity contribution in [1.29, 1.82) is 0 Å². The Hall–Kier alpha value is -1.55. The van der Waals surface area contributed by atoms with Gasteiger partial charge in [0.25, 0.3) is 0 Å². The minimum atomic E-state index is -0.282. The minimum absolute atomic E-state index is 0.146. The van der Waals surface area contributed by atoms with Crippen LogP contribution in [-0.2, 0) is 11.2 Å². The molecule has 1 unspecified atom stereocenters. The first-order valence-corrected chi connectivity index (χ1v) is 5.90. The number of hydrogen-bond acceptors (Lipinski definition) is 3. The normalized spacial score (nSPS) is 13.6. The van der Waals surface area contributed by atoms with Gasteiger partial charge in [-0.15, -0.1) is 0 Å². The SMILES string of the molecule is CCC(OCCCc1ccccc1)C(N)=NO. The molecular weight excluding hydrogens is 216 g/mol. The zero-order chi connectivity index (χ0) is 12.5. The fourth-order valence-electron chi connectivity index (χ4n) is 1.62. The van der Waals surface area contributed by atoms with Gasteiger partial charge in [-0.2, -0.15) is 0 Å². The highest BCUT2D eigenvalue weighted by Crippen LogP contribution is 2.04. The third-order valence-electron chi connectivity index (χ3n) is 2.59. The lowest BCUT2D eigenvalue weighted by Gasteiger charge is -2.14. The average Bonchev–Trinajstić information content (AvgIpc) is 2.39. The molecule has 0 amide bonds. The quantitative estimate of drug-likeness (QED) is 0.251. The molecule has 94 valence electrons. The summed E-state index contributed by atoms with van der Waals surface area (Å²) >= 11 is 0. The second-order valence-corrected chi connectivity index (χ2v) is 3.88. The van der Waals surface area contributed by atoms with Gasteiger partial charge in [-0.1, -0.05) is 42.4 Å². The standard InChI is InChI=1S/C13H20N2O2/c1-2-12(13(14)15-16)17-10-6-9-11-7-4-3-5-8-11/h3-5,7-8,12,16H,2,6,9-10H2,1H3,(H2,14,15). The smallest absolute Gasteiger partial charge is 0.168 e. The van der Waals surface area contributed by atoms with Gasteiger partial charge >= 0.3 is 0 Å². The lowest BCUT2D eigenvalue weighted by molar-refractivity contribution is 0.0900. The molecule has 0 aromatic heterocycles. The van der Waals surface area contributed by atoms with Gasteiger partial charge in [0.2, 0.25) is 0 Å². The summed E-state index contributed by atoms with van der Waals surface area (Å²) < 4.78 is 5.55. The summed E-state index contributed by atoms with van der Waals surface area (Å²) in [5, 5.41) is 11.5. The first-order chi connectivity index (χ1) is 8.27. The molecule has 0 aliphatic carbocycles. The molecule has 1 aromatic carbocycles. The van der Waals surface area contributed by atoms with Crippen LogP contribution in [0.4, 0.5) is 0 Å². The summed E-state index contributed by atoms with van der Waals surface area (Å²) in [6.45, 7) is 2.56. The molecule has 3 N–H and O–H groups in total. The highest BCUT2D eigenvalue weighted by molar-refractivity contribution is 5.84. The van der Waals surface area contributed by atoms with Crippen LogP contribution in [-0.4, -0.2) is 23.8 Å². The van der Waals surface area contributed by atoms with Crippen molar-refractivity contribution in [3.05, 3.63) is 35.9 Å². The van der Waals surface area contributed by atoms with Crippen LogP contribution in [0.15, 0.2) is 35.5 Å². The van der Waals surface area contributed by atoms with E-state index in [0.717, 1.165) is 12.8 Å². The van der Waals surface area contributed by atoms with E-state index in [1.807, 2.05) is 25.1 Å². The van der Waals surface area contributed by atoms with E-state index in [1.165, 1.54) is 5.56 Å². The highest BCUT2D eigenvalue weighted by atomic mass is 16.5. The molecule has 4 nitrogen and oxygen atoms in total. The van der Waals surface area contributed by atoms with Crippen molar-refractivity contribution in [3.8, 4) is 0 Å². The molecule has 1 rings (SSSR count). The number of ether oxygens (including phenoxy) is 1. The van der Waals surface area contributed by atoms with Gasteiger partial charge in [-0.3, -0.25) is 0 Å². The van der Waals surface area contributed by atoms with Crippen molar-refractivity contribution in [3.63, 3.8) is 0 Å². The fourth-order valence-corrected chi connectivity index (χ4v) is 1.62. The van der Waals surface area contributed by atoms with Crippen LogP contribution >= 0.6 is 0 Å². The fraction of sp³-hybridized carbons (Fsp3) is 0.462. The molecule has 0 aliphatic heterocycles.